The van der Waals surface area contributed by atoms with Crippen LogP contribution in [0.1, 0.15) is 11.1 Å². The number of para-hydroxylation sites is 1. The summed E-state index contributed by atoms with van der Waals surface area (Å²) in [6.07, 6.45) is 0.648. The fourth-order valence-electron chi connectivity index (χ4n) is 3.84. The van der Waals surface area contributed by atoms with E-state index in [2.05, 4.69) is 12.1 Å². The van der Waals surface area contributed by atoms with Gasteiger partial charge in [-0.2, -0.15) is 0 Å². The number of rotatable bonds is 2. The highest BCUT2D eigenvalue weighted by Crippen LogP contribution is 2.45. The van der Waals surface area contributed by atoms with E-state index in [9.17, 15) is 10.2 Å². The lowest BCUT2D eigenvalue weighted by Gasteiger charge is -2.13. The summed E-state index contributed by atoms with van der Waals surface area (Å²) in [5, 5.41) is 20.7. The Morgan fingerprint density at radius 1 is 0.630 bits per heavy atom. The minimum absolute atomic E-state index is 0.207. The Kier molecular flexibility index (Phi) is 3.47. The van der Waals surface area contributed by atoms with Crippen molar-refractivity contribution in [3.63, 3.8) is 0 Å². The van der Waals surface area contributed by atoms with E-state index in [1.54, 1.807) is 18.2 Å². The number of aromatic hydroxyl groups is 2. The highest BCUT2D eigenvalue weighted by Gasteiger charge is 2.27. The van der Waals surface area contributed by atoms with E-state index in [1.807, 2.05) is 48.5 Å². The lowest BCUT2D eigenvalue weighted by Crippen LogP contribution is -1.94. The highest BCUT2D eigenvalue weighted by molar-refractivity contribution is 5.87. The molecule has 0 atom stereocenters. The Morgan fingerprint density at radius 3 is 2.15 bits per heavy atom. The molecule has 0 amide bonds. The molecule has 3 aromatic carbocycles. The third kappa shape index (κ3) is 2.48. The van der Waals surface area contributed by atoms with Gasteiger partial charge < -0.3 is 10.2 Å². The van der Waals surface area contributed by atoms with Crippen molar-refractivity contribution < 1.29 is 10.2 Å². The van der Waals surface area contributed by atoms with E-state index < -0.39 is 0 Å². The Morgan fingerprint density at radius 2 is 1.33 bits per heavy atom. The first-order chi connectivity index (χ1) is 13.2. The number of hydrogen-bond donors (Lipinski definition) is 2. The average molecular weight is 351 g/mol. The summed E-state index contributed by atoms with van der Waals surface area (Å²) >= 11 is 0. The van der Waals surface area contributed by atoms with Crippen molar-refractivity contribution >= 4 is 0 Å². The molecule has 0 aliphatic heterocycles. The predicted octanol–water partition coefficient (Wildman–Crippen LogP) is 5.40. The number of benzene rings is 3. The first-order valence-electron chi connectivity index (χ1n) is 8.91. The van der Waals surface area contributed by atoms with Gasteiger partial charge in [0.2, 0.25) is 0 Å². The molecule has 27 heavy (non-hydrogen) atoms. The summed E-state index contributed by atoms with van der Waals surface area (Å²) in [6, 6.07) is 25.0. The molecule has 0 spiro atoms. The molecular formula is C24H17NO2. The molecule has 130 valence electrons. The van der Waals surface area contributed by atoms with Crippen LogP contribution in [-0.4, -0.2) is 15.2 Å². The molecule has 3 nitrogen and oxygen atoms in total. The number of phenolic OH excluding ortho intramolecular Hbond substituents is 2. The zero-order valence-electron chi connectivity index (χ0n) is 14.6. The van der Waals surface area contributed by atoms with Gasteiger partial charge in [-0.25, -0.2) is 4.98 Å². The van der Waals surface area contributed by atoms with E-state index in [1.165, 1.54) is 0 Å². The number of pyridine rings is 1. The molecular weight excluding hydrogens is 334 g/mol. The van der Waals surface area contributed by atoms with Crippen LogP contribution in [0, 0.1) is 0 Å². The SMILES string of the molecule is Oc1ccccc1-c1cc(-c2ccccc2)c2c(n1)-c1cccc(O)c1C2. The van der Waals surface area contributed by atoms with E-state index in [4.69, 9.17) is 4.98 Å². The van der Waals surface area contributed by atoms with Crippen LogP contribution in [-0.2, 0) is 6.42 Å². The molecule has 0 fully saturated rings. The lowest BCUT2D eigenvalue weighted by atomic mass is 9.96. The smallest absolute Gasteiger partial charge is 0.124 e. The van der Waals surface area contributed by atoms with Gasteiger partial charge in [0.25, 0.3) is 0 Å². The highest BCUT2D eigenvalue weighted by atomic mass is 16.3. The second-order valence-corrected chi connectivity index (χ2v) is 6.75. The summed E-state index contributed by atoms with van der Waals surface area (Å²) in [7, 11) is 0. The quantitative estimate of drug-likeness (QED) is 0.448. The van der Waals surface area contributed by atoms with E-state index in [0.717, 1.165) is 39.2 Å². The Balaban J connectivity index is 1.82. The maximum atomic E-state index is 10.3. The fraction of sp³-hybridized carbons (Fsp3) is 0.0417. The number of hydrogen-bond acceptors (Lipinski definition) is 3. The normalized spacial score (nSPS) is 11.9. The minimum Gasteiger partial charge on any atom is -0.508 e. The zero-order chi connectivity index (χ0) is 18.4. The molecule has 0 saturated heterocycles. The van der Waals surface area contributed by atoms with Gasteiger partial charge in [0.15, 0.2) is 0 Å². The number of nitrogens with zero attached hydrogens (tertiary/aromatic N) is 1. The molecule has 0 radical (unpaired) electrons. The van der Waals surface area contributed by atoms with Gasteiger partial charge in [0, 0.05) is 23.1 Å². The Bertz CT molecular complexity index is 1170. The summed E-state index contributed by atoms with van der Waals surface area (Å²) in [4.78, 5) is 4.88. The molecule has 2 N–H and O–H groups in total. The zero-order valence-corrected chi connectivity index (χ0v) is 14.6. The molecule has 4 aromatic rings. The standard InChI is InChI=1S/C24H17NO2/c26-22-11-5-4-9-17(22)21-14-18(15-7-2-1-3-8-15)20-13-19-16(24(20)25-21)10-6-12-23(19)27/h1-12,14,26-27H,13H2. The van der Waals surface area contributed by atoms with E-state index in [-0.39, 0.29) is 5.75 Å². The molecule has 1 aliphatic carbocycles. The van der Waals surface area contributed by atoms with Gasteiger partial charge in [0.1, 0.15) is 11.5 Å². The lowest BCUT2D eigenvalue weighted by molar-refractivity contribution is 0.470. The van der Waals surface area contributed by atoms with Crippen LogP contribution in [0.15, 0.2) is 78.9 Å². The number of phenols is 2. The molecule has 5 rings (SSSR count). The van der Waals surface area contributed by atoms with Crippen LogP contribution in [0.2, 0.25) is 0 Å². The Hall–Kier alpha value is -3.59. The fourth-order valence-corrected chi connectivity index (χ4v) is 3.84. The first-order valence-corrected chi connectivity index (χ1v) is 8.91. The third-order valence-corrected chi connectivity index (χ3v) is 5.15. The third-order valence-electron chi connectivity index (χ3n) is 5.15. The molecule has 3 heteroatoms. The second kappa shape index (κ2) is 5.99. The maximum absolute atomic E-state index is 10.3. The van der Waals surface area contributed by atoms with Gasteiger partial charge in [0.05, 0.1) is 11.4 Å². The van der Waals surface area contributed by atoms with Gasteiger partial charge in [-0.3, -0.25) is 0 Å². The van der Waals surface area contributed by atoms with Crippen LogP contribution < -0.4 is 0 Å². The minimum atomic E-state index is 0.207. The monoisotopic (exact) mass is 351 g/mol. The van der Waals surface area contributed by atoms with Crippen molar-refractivity contribution in [3.05, 3.63) is 90.0 Å². The molecule has 1 aromatic heterocycles. The largest absolute Gasteiger partial charge is 0.508 e. The summed E-state index contributed by atoms with van der Waals surface area (Å²) in [5.41, 5.74) is 7.45. The van der Waals surface area contributed by atoms with Crippen molar-refractivity contribution in [1.82, 2.24) is 4.98 Å². The van der Waals surface area contributed by atoms with Crippen molar-refractivity contribution in [2.75, 3.05) is 0 Å². The first kappa shape index (κ1) is 15.6. The Labute approximate surface area is 157 Å². The van der Waals surface area contributed by atoms with Crippen molar-refractivity contribution in [3.8, 4) is 45.1 Å². The average Bonchev–Trinajstić information content (AvgIpc) is 3.08. The molecule has 0 unspecified atom stereocenters. The summed E-state index contributed by atoms with van der Waals surface area (Å²) in [6.45, 7) is 0. The van der Waals surface area contributed by atoms with Gasteiger partial charge >= 0.3 is 0 Å². The van der Waals surface area contributed by atoms with Crippen LogP contribution in [0.5, 0.6) is 11.5 Å². The van der Waals surface area contributed by atoms with Crippen LogP contribution >= 0.6 is 0 Å². The molecule has 0 bridgehead atoms. The molecule has 0 saturated carbocycles. The van der Waals surface area contributed by atoms with Crippen molar-refractivity contribution in [2.45, 2.75) is 6.42 Å². The molecule has 1 heterocycles. The van der Waals surface area contributed by atoms with Crippen molar-refractivity contribution in [1.29, 1.82) is 0 Å². The van der Waals surface area contributed by atoms with Crippen LogP contribution in [0.3, 0.4) is 0 Å². The molecule has 1 aliphatic rings. The van der Waals surface area contributed by atoms with E-state index in [0.29, 0.717) is 17.7 Å². The van der Waals surface area contributed by atoms with Crippen LogP contribution in [0.25, 0.3) is 33.6 Å². The van der Waals surface area contributed by atoms with Crippen molar-refractivity contribution in [2.24, 2.45) is 0 Å². The van der Waals surface area contributed by atoms with Gasteiger partial charge in [-0.1, -0.05) is 54.6 Å². The van der Waals surface area contributed by atoms with Gasteiger partial charge in [-0.15, -0.1) is 0 Å². The number of aromatic nitrogens is 1. The summed E-state index contributed by atoms with van der Waals surface area (Å²) < 4.78 is 0. The summed E-state index contributed by atoms with van der Waals surface area (Å²) in [5.74, 6) is 0.506. The van der Waals surface area contributed by atoms with E-state index >= 15 is 0 Å². The topological polar surface area (TPSA) is 53.4 Å². The maximum Gasteiger partial charge on any atom is 0.124 e. The van der Waals surface area contributed by atoms with Crippen LogP contribution in [0.4, 0.5) is 0 Å². The van der Waals surface area contributed by atoms with Gasteiger partial charge in [-0.05, 0) is 41.0 Å². The number of fused-ring (bicyclic) bond motifs is 3. The predicted molar refractivity (Wildman–Crippen MR) is 107 cm³/mol. The second-order valence-electron chi connectivity index (χ2n) is 6.75.